The second-order valence-corrected chi connectivity index (χ2v) is 6.67. The van der Waals surface area contributed by atoms with Crippen LogP contribution in [0.15, 0.2) is 66.0 Å². The molecule has 1 heterocycles. The zero-order valence-electron chi connectivity index (χ0n) is 13.8. The van der Waals surface area contributed by atoms with Crippen LogP contribution >= 0.6 is 11.3 Å². The van der Waals surface area contributed by atoms with E-state index in [9.17, 15) is 9.59 Å². The molecule has 2 N–H and O–H groups in total. The summed E-state index contributed by atoms with van der Waals surface area (Å²) in [4.78, 5) is 24.8. The van der Waals surface area contributed by atoms with E-state index in [0.717, 1.165) is 5.56 Å². The van der Waals surface area contributed by atoms with Crippen molar-refractivity contribution >= 4 is 34.5 Å². The summed E-state index contributed by atoms with van der Waals surface area (Å²) in [6.45, 7) is 2.02. The third-order valence-electron chi connectivity index (χ3n) is 3.66. The zero-order chi connectivity index (χ0) is 17.6. The minimum atomic E-state index is -0.133. The third-order valence-corrected chi connectivity index (χ3v) is 4.53. The lowest BCUT2D eigenvalue weighted by atomic mass is 10.1. The maximum Gasteiger partial charge on any atom is 0.265 e. The van der Waals surface area contributed by atoms with E-state index in [2.05, 4.69) is 10.6 Å². The first kappa shape index (κ1) is 16.9. The van der Waals surface area contributed by atoms with Gasteiger partial charge in [-0.1, -0.05) is 35.9 Å². The van der Waals surface area contributed by atoms with Gasteiger partial charge in [-0.05, 0) is 48.2 Å². The highest BCUT2D eigenvalue weighted by Crippen LogP contribution is 2.16. The number of hydrogen-bond acceptors (Lipinski definition) is 3. The number of carbonyl (C=O) groups is 2. The number of thiophene rings is 1. The maximum atomic E-state index is 12.1. The van der Waals surface area contributed by atoms with E-state index in [1.165, 1.54) is 16.9 Å². The topological polar surface area (TPSA) is 58.2 Å². The van der Waals surface area contributed by atoms with Crippen molar-refractivity contribution in [2.24, 2.45) is 0 Å². The monoisotopic (exact) mass is 350 g/mol. The smallest absolute Gasteiger partial charge is 0.265 e. The molecule has 3 rings (SSSR count). The first-order chi connectivity index (χ1) is 12.1. The largest absolute Gasteiger partial charge is 0.326 e. The summed E-state index contributed by atoms with van der Waals surface area (Å²) in [5.41, 5.74) is 3.54. The first-order valence-electron chi connectivity index (χ1n) is 7.90. The highest BCUT2D eigenvalue weighted by molar-refractivity contribution is 7.12. The fourth-order valence-electron chi connectivity index (χ4n) is 2.33. The van der Waals surface area contributed by atoms with Crippen LogP contribution in [0, 0.1) is 6.92 Å². The molecule has 0 aliphatic heterocycles. The van der Waals surface area contributed by atoms with Crippen LogP contribution < -0.4 is 10.6 Å². The number of nitrogens with one attached hydrogen (secondary N) is 2. The second-order valence-electron chi connectivity index (χ2n) is 5.72. The molecule has 1 aromatic heterocycles. The molecule has 0 bridgehead atoms. The molecular formula is C20H18N2O2S. The van der Waals surface area contributed by atoms with Gasteiger partial charge < -0.3 is 10.6 Å². The molecule has 0 unspecified atom stereocenters. The Kier molecular flexibility index (Phi) is 5.26. The number of rotatable bonds is 5. The number of aryl methyl sites for hydroxylation is 1. The molecule has 0 aliphatic rings. The highest BCUT2D eigenvalue weighted by atomic mass is 32.1. The van der Waals surface area contributed by atoms with Crippen molar-refractivity contribution in [3.05, 3.63) is 82.0 Å². The van der Waals surface area contributed by atoms with E-state index in [0.29, 0.717) is 22.7 Å². The van der Waals surface area contributed by atoms with Gasteiger partial charge in [0, 0.05) is 11.4 Å². The molecule has 4 nitrogen and oxygen atoms in total. The van der Waals surface area contributed by atoms with E-state index in [-0.39, 0.29) is 11.8 Å². The Morgan fingerprint density at radius 1 is 0.880 bits per heavy atom. The fraction of sp³-hybridized carbons (Fsp3) is 0.100. The molecule has 0 fully saturated rings. The SMILES string of the molecule is Cc1ccc(CC(=O)Nc2ccc(NC(=O)c3cccs3)cc2)cc1. The zero-order valence-corrected chi connectivity index (χ0v) is 14.6. The molecule has 0 saturated carbocycles. The van der Waals surface area contributed by atoms with Gasteiger partial charge in [0.2, 0.25) is 5.91 Å². The van der Waals surface area contributed by atoms with Gasteiger partial charge in [0.1, 0.15) is 0 Å². The van der Waals surface area contributed by atoms with Crippen molar-refractivity contribution in [2.45, 2.75) is 13.3 Å². The summed E-state index contributed by atoms with van der Waals surface area (Å²) in [6, 6.07) is 18.6. The summed E-state index contributed by atoms with van der Waals surface area (Å²) >= 11 is 1.39. The number of carbonyl (C=O) groups excluding carboxylic acids is 2. The van der Waals surface area contributed by atoms with Crippen molar-refractivity contribution in [1.82, 2.24) is 0 Å². The van der Waals surface area contributed by atoms with Gasteiger partial charge in [0.05, 0.1) is 11.3 Å². The van der Waals surface area contributed by atoms with E-state index < -0.39 is 0 Å². The highest BCUT2D eigenvalue weighted by Gasteiger charge is 2.07. The average molecular weight is 350 g/mol. The molecule has 0 atom stereocenters. The molecule has 0 spiro atoms. The number of anilines is 2. The van der Waals surface area contributed by atoms with Gasteiger partial charge in [0.15, 0.2) is 0 Å². The second kappa shape index (κ2) is 7.77. The van der Waals surface area contributed by atoms with Gasteiger partial charge in [-0.15, -0.1) is 11.3 Å². The third kappa shape index (κ3) is 4.78. The van der Waals surface area contributed by atoms with Crippen molar-refractivity contribution < 1.29 is 9.59 Å². The Bertz CT molecular complexity index is 854. The van der Waals surface area contributed by atoms with Crippen molar-refractivity contribution in [3.8, 4) is 0 Å². The Labute approximate surface area is 150 Å². The van der Waals surface area contributed by atoms with Crippen LogP contribution in [0.25, 0.3) is 0 Å². The standard InChI is InChI=1S/C20H18N2O2S/c1-14-4-6-15(7-5-14)13-19(23)21-16-8-10-17(11-9-16)22-20(24)18-3-2-12-25-18/h2-12H,13H2,1H3,(H,21,23)(H,22,24). The van der Waals surface area contributed by atoms with Crippen LogP contribution in [0.3, 0.4) is 0 Å². The van der Waals surface area contributed by atoms with Gasteiger partial charge >= 0.3 is 0 Å². The van der Waals surface area contributed by atoms with Gasteiger partial charge in [-0.2, -0.15) is 0 Å². The van der Waals surface area contributed by atoms with E-state index in [1.54, 1.807) is 30.3 Å². The van der Waals surface area contributed by atoms with E-state index in [4.69, 9.17) is 0 Å². The molecule has 0 aliphatic carbocycles. The normalized spacial score (nSPS) is 10.3. The summed E-state index contributed by atoms with van der Waals surface area (Å²) in [5, 5.41) is 7.55. The molecular weight excluding hydrogens is 332 g/mol. The van der Waals surface area contributed by atoms with Gasteiger partial charge in [-0.3, -0.25) is 9.59 Å². The van der Waals surface area contributed by atoms with E-state index >= 15 is 0 Å². The lowest BCUT2D eigenvalue weighted by Crippen LogP contribution is -2.14. The van der Waals surface area contributed by atoms with Crippen molar-refractivity contribution in [3.63, 3.8) is 0 Å². The lowest BCUT2D eigenvalue weighted by Gasteiger charge is -2.08. The molecule has 0 saturated heterocycles. The minimum absolute atomic E-state index is 0.0702. The molecule has 2 aromatic carbocycles. The van der Waals surface area contributed by atoms with Crippen LogP contribution in [0.1, 0.15) is 20.8 Å². The van der Waals surface area contributed by atoms with Crippen LogP contribution in [0.5, 0.6) is 0 Å². The molecule has 3 aromatic rings. The minimum Gasteiger partial charge on any atom is -0.326 e. The predicted octanol–water partition coefficient (Wildman–Crippen LogP) is 4.49. The molecule has 0 radical (unpaired) electrons. The average Bonchev–Trinajstić information content (AvgIpc) is 3.13. The summed E-state index contributed by atoms with van der Waals surface area (Å²) in [5.74, 6) is -0.203. The molecule has 2 amide bonds. The summed E-state index contributed by atoms with van der Waals surface area (Å²) < 4.78 is 0. The number of benzene rings is 2. The molecule has 5 heteroatoms. The first-order valence-corrected chi connectivity index (χ1v) is 8.78. The predicted molar refractivity (Wildman–Crippen MR) is 102 cm³/mol. The molecule has 25 heavy (non-hydrogen) atoms. The Balaban J connectivity index is 1.56. The lowest BCUT2D eigenvalue weighted by molar-refractivity contribution is -0.115. The van der Waals surface area contributed by atoms with Gasteiger partial charge in [-0.25, -0.2) is 0 Å². The van der Waals surface area contributed by atoms with Crippen LogP contribution in [-0.4, -0.2) is 11.8 Å². The van der Waals surface area contributed by atoms with Crippen LogP contribution in [0.4, 0.5) is 11.4 Å². The summed E-state index contributed by atoms with van der Waals surface area (Å²) in [6.07, 6.45) is 0.331. The van der Waals surface area contributed by atoms with Crippen molar-refractivity contribution in [2.75, 3.05) is 10.6 Å². The summed E-state index contributed by atoms with van der Waals surface area (Å²) in [7, 11) is 0. The quantitative estimate of drug-likeness (QED) is 0.712. The Morgan fingerprint density at radius 2 is 1.52 bits per heavy atom. The Hall–Kier alpha value is -2.92. The van der Waals surface area contributed by atoms with Crippen LogP contribution in [0.2, 0.25) is 0 Å². The number of amides is 2. The maximum absolute atomic E-state index is 12.1. The number of hydrogen-bond donors (Lipinski definition) is 2. The van der Waals surface area contributed by atoms with Crippen LogP contribution in [-0.2, 0) is 11.2 Å². The van der Waals surface area contributed by atoms with E-state index in [1.807, 2.05) is 42.6 Å². The van der Waals surface area contributed by atoms with Crippen molar-refractivity contribution in [1.29, 1.82) is 0 Å². The molecule has 126 valence electrons. The Morgan fingerprint density at radius 3 is 2.12 bits per heavy atom. The van der Waals surface area contributed by atoms with Gasteiger partial charge in [0.25, 0.3) is 5.91 Å². The fourth-order valence-corrected chi connectivity index (χ4v) is 2.95.